The number of carboxylic acid groups (broad SMARTS) is 1. The number of benzene rings is 1. The number of piperidine rings is 1. The normalized spacial score (nSPS) is 25.3. The molecule has 2 atom stereocenters. The van der Waals surface area contributed by atoms with Gasteiger partial charge in [-0.15, -0.1) is 0 Å². The Morgan fingerprint density at radius 1 is 1.11 bits per heavy atom. The highest BCUT2D eigenvalue weighted by Crippen LogP contribution is 2.34. The monoisotopic (exact) mass is 382 g/mol. The number of carbonyl (C=O) groups excluding carboxylic acids is 1. The summed E-state index contributed by atoms with van der Waals surface area (Å²) < 4.78 is 0. The zero-order valence-electron chi connectivity index (χ0n) is 16.5. The molecule has 1 amide bonds. The first-order valence-electron chi connectivity index (χ1n) is 10.7. The lowest BCUT2D eigenvalue weighted by atomic mass is 9.78. The topological polar surface area (TPSA) is 70.0 Å². The van der Waals surface area contributed by atoms with Crippen molar-refractivity contribution in [3.05, 3.63) is 35.4 Å². The van der Waals surface area contributed by atoms with Gasteiger partial charge in [0.1, 0.15) is 0 Å². The standard InChI is InChI=1S/C23H30N2O3/c26-22(27)14-18-10-12-25(23(28)17-6-1-2-7-17)15-19(18)13-21-20-8-4-3-5-16(20)9-11-24-21/h3-5,8,17-19H,1-2,6-7,9-15H2,(H,26,27)/t18-,19-/m0/s1. The Hall–Kier alpha value is -2.17. The van der Waals surface area contributed by atoms with Crippen molar-refractivity contribution in [2.75, 3.05) is 19.6 Å². The molecule has 0 aromatic heterocycles. The van der Waals surface area contributed by atoms with E-state index in [4.69, 9.17) is 4.99 Å². The van der Waals surface area contributed by atoms with Gasteiger partial charge < -0.3 is 10.0 Å². The highest BCUT2D eigenvalue weighted by Gasteiger charge is 2.36. The van der Waals surface area contributed by atoms with Crippen LogP contribution in [0.2, 0.25) is 0 Å². The van der Waals surface area contributed by atoms with Gasteiger partial charge in [-0.3, -0.25) is 14.6 Å². The summed E-state index contributed by atoms with van der Waals surface area (Å²) in [6.07, 6.45) is 7.04. The van der Waals surface area contributed by atoms with Gasteiger partial charge >= 0.3 is 5.97 Å². The van der Waals surface area contributed by atoms with E-state index < -0.39 is 5.97 Å². The maximum atomic E-state index is 12.9. The van der Waals surface area contributed by atoms with Crippen LogP contribution >= 0.6 is 0 Å². The first kappa shape index (κ1) is 19.2. The quantitative estimate of drug-likeness (QED) is 0.847. The SMILES string of the molecule is O=C(O)C[C@@H]1CCN(C(=O)C2CCCC2)C[C@@H]1CC1=NCCc2ccccc21. The second-order valence-corrected chi connectivity index (χ2v) is 8.61. The average molecular weight is 383 g/mol. The van der Waals surface area contributed by atoms with Crippen molar-refractivity contribution < 1.29 is 14.7 Å². The first-order chi connectivity index (χ1) is 13.6. The summed E-state index contributed by atoms with van der Waals surface area (Å²) in [7, 11) is 0. The molecule has 1 saturated heterocycles. The molecule has 2 fully saturated rings. The maximum Gasteiger partial charge on any atom is 0.303 e. The molecule has 3 aliphatic rings. The minimum absolute atomic E-state index is 0.113. The summed E-state index contributed by atoms with van der Waals surface area (Å²) >= 11 is 0. The molecule has 1 aliphatic carbocycles. The first-order valence-corrected chi connectivity index (χ1v) is 10.7. The van der Waals surface area contributed by atoms with Gasteiger partial charge in [0.05, 0.1) is 0 Å². The van der Waals surface area contributed by atoms with E-state index in [0.717, 1.165) is 57.2 Å². The highest BCUT2D eigenvalue weighted by molar-refractivity contribution is 6.02. The fourth-order valence-electron chi connectivity index (χ4n) is 5.28. The van der Waals surface area contributed by atoms with Crippen molar-refractivity contribution in [3.63, 3.8) is 0 Å². The van der Waals surface area contributed by atoms with E-state index in [1.807, 2.05) is 11.0 Å². The average Bonchev–Trinajstić information content (AvgIpc) is 3.23. The highest BCUT2D eigenvalue weighted by atomic mass is 16.4. The molecule has 1 aromatic carbocycles. The molecule has 0 spiro atoms. The Morgan fingerprint density at radius 2 is 1.89 bits per heavy atom. The van der Waals surface area contributed by atoms with Crippen LogP contribution in [-0.2, 0) is 16.0 Å². The molecule has 5 nitrogen and oxygen atoms in total. The van der Waals surface area contributed by atoms with Gasteiger partial charge in [-0.05, 0) is 55.1 Å². The second kappa shape index (κ2) is 8.46. The lowest BCUT2D eigenvalue weighted by molar-refractivity contribution is -0.141. The van der Waals surface area contributed by atoms with Gasteiger partial charge in [0.2, 0.25) is 5.91 Å². The summed E-state index contributed by atoms with van der Waals surface area (Å²) in [6.45, 7) is 2.18. The van der Waals surface area contributed by atoms with E-state index in [1.165, 1.54) is 11.1 Å². The van der Waals surface area contributed by atoms with Crippen LogP contribution in [0.4, 0.5) is 0 Å². The van der Waals surface area contributed by atoms with Crippen LogP contribution in [0.25, 0.3) is 0 Å². The van der Waals surface area contributed by atoms with Crippen LogP contribution < -0.4 is 0 Å². The number of fused-ring (bicyclic) bond motifs is 1. The third-order valence-corrected chi connectivity index (χ3v) is 6.81. The van der Waals surface area contributed by atoms with Crippen molar-refractivity contribution in [1.82, 2.24) is 4.90 Å². The minimum Gasteiger partial charge on any atom is -0.481 e. The number of aliphatic carboxylic acids is 1. The zero-order valence-corrected chi connectivity index (χ0v) is 16.5. The fraction of sp³-hybridized carbons (Fsp3) is 0.609. The molecule has 28 heavy (non-hydrogen) atoms. The predicted molar refractivity (Wildman–Crippen MR) is 109 cm³/mol. The molecule has 4 rings (SSSR count). The molecule has 2 aliphatic heterocycles. The molecular formula is C23H30N2O3. The van der Waals surface area contributed by atoms with Gasteiger partial charge in [0, 0.05) is 37.7 Å². The minimum atomic E-state index is -0.739. The molecule has 150 valence electrons. The third-order valence-electron chi connectivity index (χ3n) is 6.81. The number of aliphatic imine (C=N–C) groups is 1. The predicted octanol–water partition coefficient (Wildman–Crippen LogP) is 3.55. The molecule has 1 aromatic rings. The van der Waals surface area contributed by atoms with Gasteiger partial charge in [-0.2, -0.15) is 0 Å². The molecule has 1 N–H and O–H groups in total. The van der Waals surface area contributed by atoms with Gasteiger partial charge in [-0.25, -0.2) is 0 Å². The molecule has 2 heterocycles. The Bertz CT molecular complexity index is 767. The number of hydrogen-bond donors (Lipinski definition) is 1. The second-order valence-electron chi connectivity index (χ2n) is 8.61. The van der Waals surface area contributed by atoms with Crippen molar-refractivity contribution in [3.8, 4) is 0 Å². The fourth-order valence-corrected chi connectivity index (χ4v) is 5.28. The summed E-state index contributed by atoms with van der Waals surface area (Å²) in [6, 6.07) is 8.40. The van der Waals surface area contributed by atoms with Crippen LogP contribution in [0.3, 0.4) is 0 Å². The van der Waals surface area contributed by atoms with Gasteiger partial charge in [0.15, 0.2) is 0 Å². The molecule has 5 heteroatoms. The number of nitrogens with zero attached hydrogens (tertiary/aromatic N) is 2. The van der Waals surface area contributed by atoms with E-state index in [-0.39, 0.29) is 24.2 Å². The van der Waals surface area contributed by atoms with Crippen molar-refractivity contribution >= 4 is 17.6 Å². The zero-order chi connectivity index (χ0) is 19.5. The third kappa shape index (κ3) is 4.13. The van der Waals surface area contributed by atoms with E-state index in [0.29, 0.717) is 19.0 Å². The molecule has 0 unspecified atom stereocenters. The van der Waals surface area contributed by atoms with Gasteiger partial charge in [0.25, 0.3) is 0 Å². The lowest BCUT2D eigenvalue weighted by Crippen LogP contribution is -2.46. The van der Waals surface area contributed by atoms with Gasteiger partial charge in [-0.1, -0.05) is 37.1 Å². The van der Waals surface area contributed by atoms with Crippen LogP contribution in [0.15, 0.2) is 29.3 Å². The van der Waals surface area contributed by atoms with Crippen LogP contribution in [0, 0.1) is 17.8 Å². The summed E-state index contributed by atoms with van der Waals surface area (Å²) in [4.78, 5) is 31.2. The largest absolute Gasteiger partial charge is 0.481 e. The van der Waals surface area contributed by atoms with E-state index >= 15 is 0 Å². The molecule has 1 saturated carbocycles. The number of carboxylic acids is 1. The Morgan fingerprint density at radius 3 is 2.68 bits per heavy atom. The number of hydrogen-bond acceptors (Lipinski definition) is 3. The molecule has 0 bridgehead atoms. The summed E-state index contributed by atoms with van der Waals surface area (Å²) in [5.74, 6) is 0.0188. The number of likely N-dealkylation sites (tertiary alicyclic amines) is 1. The number of amides is 1. The summed E-state index contributed by atoms with van der Waals surface area (Å²) in [5, 5.41) is 9.38. The number of rotatable bonds is 5. The summed E-state index contributed by atoms with van der Waals surface area (Å²) in [5.41, 5.74) is 3.64. The molecular weight excluding hydrogens is 352 g/mol. The maximum absolute atomic E-state index is 12.9. The smallest absolute Gasteiger partial charge is 0.303 e. The Kier molecular flexibility index (Phi) is 5.79. The van der Waals surface area contributed by atoms with Crippen LogP contribution in [0.1, 0.15) is 56.1 Å². The van der Waals surface area contributed by atoms with Crippen molar-refractivity contribution in [2.45, 2.75) is 51.4 Å². The van der Waals surface area contributed by atoms with E-state index in [9.17, 15) is 14.7 Å². The molecule has 0 radical (unpaired) electrons. The van der Waals surface area contributed by atoms with E-state index in [1.54, 1.807) is 0 Å². The van der Waals surface area contributed by atoms with Crippen molar-refractivity contribution in [2.24, 2.45) is 22.7 Å². The van der Waals surface area contributed by atoms with Crippen LogP contribution in [0.5, 0.6) is 0 Å². The Labute approximate surface area is 166 Å². The van der Waals surface area contributed by atoms with Crippen molar-refractivity contribution in [1.29, 1.82) is 0 Å². The van der Waals surface area contributed by atoms with Crippen LogP contribution in [-0.4, -0.2) is 47.2 Å². The Balaban J connectivity index is 1.51. The van der Waals surface area contributed by atoms with E-state index in [2.05, 4.69) is 18.2 Å². The lowest BCUT2D eigenvalue weighted by Gasteiger charge is -2.39. The number of carbonyl (C=O) groups is 2.